The summed E-state index contributed by atoms with van der Waals surface area (Å²) in [7, 11) is 1.55. The van der Waals surface area contributed by atoms with Crippen LogP contribution in [0.3, 0.4) is 0 Å². The Labute approximate surface area is 230 Å². The van der Waals surface area contributed by atoms with Gasteiger partial charge >= 0.3 is 0 Å². The number of ether oxygens (including phenoxy) is 1. The van der Waals surface area contributed by atoms with Crippen molar-refractivity contribution >= 4 is 40.7 Å². The van der Waals surface area contributed by atoms with E-state index in [1.54, 1.807) is 49.6 Å². The third-order valence-corrected chi connectivity index (χ3v) is 7.48. The fraction of sp³-hybridized carbons (Fsp3) is 0.467. The first-order valence-corrected chi connectivity index (χ1v) is 14.0. The number of hydrogen-bond donors (Lipinski definition) is 1. The summed E-state index contributed by atoms with van der Waals surface area (Å²) in [6.07, 6.45) is 11.7. The highest BCUT2D eigenvalue weighted by Gasteiger charge is 2.46. The normalized spacial score (nSPS) is 17.0. The first kappa shape index (κ1) is 29.1. The molecule has 1 fully saturated rings. The van der Waals surface area contributed by atoms with Crippen molar-refractivity contribution in [2.45, 2.75) is 77.2 Å². The Morgan fingerprint density at radius 3 is 2.05 bits per heavy atom. The third kappa shape index (κ3) is 7.52. The van der Waals surface area contributed by atoms with Crippen molar-refractivity contribution in [3.8, 4) is 5.75 Å². The molecule has 0 aromatic heterocycles. The zero-order valence-corrected chi connectivity index (χ0v) is 23.3. The van der Waals surface area contributed by atoms with Crippen molar-refractivity contribution < 1.29 is 19.4 Å². The average molecular weight is 547 g/mol. The summed E-state index contributed by atoms with van der Waals surface area (Å²) in [5, 5.41) is 12.0. The minimum atomic E-state index is -0.787. The van der Waals surface area contributed by atoms with Crippen LogP contribution >= 0.6 is 23.2 Å². The molecule has 3 rings (SSSR count). The lowest BCUT2D eigenvalue weighted by Crippen LogP contribution is -2.30. The summed E-state index contributed by atoms with van der Waals surface area (Å²) >= 11 is 12.7. The number of unbranched alkanes of at least 4 members (excludes halogenated alkanes) is 9. The molecule has 1 N–H and O–H groups in total. The van der Waals surface area contributed by atoms with E-state index in [0.29, 0.717) is 33.5 Å². The molecule has 0 aliphatic carbocycles. The fourth-order valence-electron chi connectivity index (χ4n) is 4.83. The van der Waals surface area contributed by atoms with Gasteiger partial charge in [-0.25, -0.2) is 0 Å². The number of aliphatic hydroxyl groups excluding tert-OH is 1. The van der Waals surface area contributed by atoms with Gasteiger partial charge in [0.25, 0.3) is 11.7 Å². The lowest BCUT2D eigenvalue weighted by molar-refractivity contribution is -0.139. The molecule has 200 valence electrons. The maximum Gasteiger partial charge on any atom is 0.295 e. The SMILES string of the molecule is CCCCCCCCCCCCN1C(=O)C(=O)C(=C(O)c2ccc(OC)cc2)[C@@H]1c1ccc(Cl)cc1Cl. The van der Waals surface area contributed by atoms with Crippen molar-refractivity contribution in [3.05, 3.63) is 69.2 Å². The Hall–Kier alpha value is -2.50. The highest BCUT2D eigenvalue weighted by atomic mass is 35.5. The predicted octanol–water partition coefficient (Wildman–Crippen LogP) is 8.34. The molecule has 2 aromatic rings. The molecule has 1 saturated heterocycles. The van der Waals surface area contributed by atoms with E-state index in [4.69, 9.17) is 27.9 Å². The molecule has 7 heteroatoms. The van der Waals surface area contributed by atoms with Crippen LogP contribution in [0.15, 0.2) is 48.0 Å². The molecule has 37 heavy (non-hydrogen) atoms. The number of carbonyl (C=O) groups excluding carboxylic acids is 2. The number of hydrogen-bond acceptors (Lipinski definition) is 4. The van der Waals surface area contributed by atoms with Crippen LogP contribution in [0.25, 0.3) is 5.76 Å². The lowest BCUT2D eigenvalue weighted by atomic mass is 9.95. The van der Waals surface area contributed by atoms with Crippen molar-refractivity contribution in [1.82, 2.24) is 4.90 Å². The van der Waals surface area contributed by atoms with Crippen molar-refractivity contribution in [3.63, 3.8) is 0 Å². The summed E-state index contributed by atoms with van der Waals surface area (Å²) in [6, 6.07) is 10.9. The summed E-state index contributed by atoms with van der Waals surface area (Å²) in [5.41, 5.74) is 1.02. The van der Waals surface area contributed by atoms with Gasteiger partial charge < -0.3 is 14.7 Å². The van der Waals surface area contributed by atoms with Crippen molar-refractivity contribution in [2.24, 2.45) is 0 Å². The van der Waals surface area contributed by atoms with Gasteiger partial charge in [0, 0.05) is 22.2 Å². The molecular formula is C30H37Cl2NO4. The number of aliphatic hydroxyl groups is 1. The number of carbonyl (C=O) groups is 2. The minimum Gasteiger partial charge on any atom is -0.507 e. The van der Waals surface area contributed by atoms with Crippen molar-refractivity contribution in [1.29, 1.82) is 0 Å². The largest absolute Gasteiger partial charge is 0.507 e. The number of Topliss-reactive ketones (excluding diaryl/α,β-unsaturated/α-hetero) is 1. The van der Waals surface area contributed by atoms with E-state index >= 15 is 0 Å². The number of benzene rings is 2. The van der Waals surface area contributed by atoms with E-state index in [1.807, 2.05) is 0 Å². The fourth-order valence-corrected chi connectivity index (χ4v) is 5.34. The number of rotatable bonds is 14. The van der Waals surface area contributed by atoms with Crippen molar-refractivity contribution in [2.75, 3.05) is 13.7 Å². The van der Waals surface area contributed by atoms with Crippen LogP contribution in [-0.2, 0) is 9.59 Å². The molecule has 5 nitrogen and oxygen atoms in total. The molecule has 0 radical (unpaired) electrons. The topological polar surface area (TPSA) is 66.8 Å². The van der Waals surface area contributed by atoms with Gasteiger partial charge in [0.15, 0.2) is 0 Å². The Balaban J connectivity index is 1.77. The van der Waals surface area contributed by atoms with E-state index in [0.717, 1.165) is 19.3 Å². The molecular weight excluding hydrogens is 509 g/mol. The number of methoxy groups -OCH3 is 1. The molecule has 0 unspecified atom stereocenters. The van der Waals surface area contributed by atoms with Gasteiger partial charge in [-0.2, -0.15) is 0 Å². The molecule has 0 saturated carbocycles. The zero-order chi connectivity index (χ0) is 26.8. The maximum absolute atomic E-state index is 13.2. The number of halogens is 2. The monoisotopic (exact) mass is 545 g/mol. The summed E-state index contributed by atoms with van der Waals surface area (Å²) in [6.45, 7) is 2.63. The third-order valence-electron chi connectivity index (χ3n) is 6.91. The summed E-state index contributed by atoms with van der Waals surface area (Å²) in [5.74, 6) is -0.948. The number of amides is 1. The molecule has 1 atom stereocenters. The highest BCUT2D eigenvalue weighted by Crippen LogP contribution is 2.42. The molecule has 1 amide bonds. The van der Waals surface area contributed by atoms with Gasteiger partial charge in [0.2, 0.25) is 0 Å². The van der Waals surface area contributed by atoms with Crippen LogP contribution in [0.1, 0.15) is 88.3 Å². The second-order valence-electron chi connectivity index (χ2n) is 9.57. The van der Waals surface area contributed by atoms with Crippen LogP contribution in [0.5, 0.6) is 5.75 Å². The Bertz CT molecular complexity index is 1100. The van der Waals surface area contributed by atoms with E-state index < -0.39 is 17.7 Å². The van der Waals surface area contributed by atoms with E-state index in [9.17, 15) is 14.7 Å². The summed E-state index contributed by atoms with van der Waals surface area (Å²) in [4.78, 5) is 27.9. The molecule has 0 spiro atoms. The van der Waals surface area contributed by atoms with Gasteiger partial charge in [0.1, 0.15) is 11.5 Å². The molecule has 1 aliphatic heterocycles. The highest BCUT2D eigenvalue weighted by molar-refractivity contribution is 6.47. The zero-order valence-electron chi connectivity index (χ0n) is 21.8. The van der Waals surface area contributed by atoms with Gasteiger partial charge in [-0.05, 0) is 48.4 Å². The maximum atomic E-state index is 13.2. The quantitative estimate of drug-likeness (QED) is 0.112. The van der Waals surface area contributed by atoms with Crippen LogP contribution in [0.4, 0.5) is 0 Å². The predicted molar refractivity (Wildman–Crippen MR) is 150 cm³/mol. The second kappa shape index (κ2) is 14.4. The number of ketones is 1. The first-order valence-electron chi connectivity index (χ1n) is 13.3. The Kier molecular flexibility index (Phi) is 11.3. The summed E-state index contributed by atoms with van der Waals surface area (Å²) < 4.78 is 5.19. The smallest absolute Gasteiger partial charge is 0.295 e. The molecule has 1 heterocycles. The van der Waals surface area contributed by atoms with Gasteiger partial charge in [-0.1, -0.05) is 94.0 Å². The van der Waals surface area contributed by atoms with E-state index in [-0.39, 0.29) is 11.3 Å². The van der Waals surface area contributed by atoms with E-state index in [1.165, 1.54) is 49.8 Å². The number of nitrogens with zero attached hydrogens (tertiary/aromatic N) is 1. The van der Waals surface area contributed by atoms with Gasteiger partial charge in [-0.15, -0.1) is 0 Å². The van der Waals surface area contributed by atoms with Gasteiger partial charge in [-0.3, -0.25) is 9.59 Å². The lowest BCUT2D eigenvalue weighted by Gasteiger charge is -2.26. The van der Waals surface area contributed by atoms with E-state index in [2.05, 4.69) is 6.92 Å². The molecule has 0 bridgehead atoms. The average Bonchev–Trinajstić information content (AvgIpc) is 3.14. The molecule has 1 aliphatic rings. The minimum absolute atomic E-state index is 0.0338. The standard InChI is InChI=1S/C30H37Cl2NO4/c1-3-4-5-6-7-8-9-10-11-12-19-33-27(24-18-15-22(31)20-25(24)32)26(29(35)30(33)36)28(34)21-13-16-23(37-2)17-14-21/h13-18,20,27,34H,3-12,19H2,1-2H3/t27-/m0/s1. The van der Waals surface area contributed by atoms with Gasteiger partial charge in [0.05, 0.1) is 18.7 Å². The number of likely N-dealkylation sites (tertiary alicyclic amines) is 1. The first-order chi connectivity index (χ1) is 17.9. The van der Waals surface area contributed by atoms with Crippen LogP contribution in [0, 0.1) is 0 Å². The van der Waals surface area contributed by atoms with Crippen LogP contribution in [0.2, 0.25) is 10.0 Å². The molecule has 2 aromatic carbocycles. The Morgan fingerprint density at radius 2 is 1.49 bits per heavy atom. The Morgan fingerprint density at radius 1 is 0.892 bits per heavy atom. The second-order valence-corrected chi connectivity index (χ2v) is 10.4. The van der Waals surface area contributed by atoms with Crippen LogP contribution in [-0.4, -0.2) is 35.4 Å². The van der Waals surface area contributed by atoms with Crippen LogP contribution < -0.4 is 4.74 Å².